The van der Waals surface area contributed by atoms with Gasteiger partial charge in [0.1, 0.15) is 22.3 Å². The second-order valence-corrected chi connectivity index (χ2v) is 9.14. The summed E-state index contributed by atoms with van der Waals surface area (Å²) in [5, 5.41) is 10.2. The predicted octanol–water partition coefficient (Wildman–Crippen LogP) is 3.91. The number of nitrogens with one attached hydrogen (secondary N) is 1. The maximum atomic E-state index is 12.4. The smallest absolute Gasteiger partial charge is 0.335 e. The highest BCUT2D eigenvalue weighted by Gasteiger charge is 2.18. The Bertz CT molecular complexity index is 1320. The van der Waals surface area contributed by atoms with Gasteiger partial charge < -0.3 is 15.4 Å². The number of nitrogens with zero attached hydrogens (tertiary/aromatic N) is 3. The normalized spacial score (nSPS) is 12.4. The van der Waals surface area contributed by atoms with Gasteiger partial charge in [-0.05, 0) is 43.2 Å². The summed E-state index contributed by atoms with van der Waals surface area (Å²) in [6.45, 7) is 3.36. The minimum absolute atomic E-state index is 0.165. The van der Waals surface area contributed by atoms with Crippen LogP contribution >= 0.6 is 0 Å². The number of benzene rings is 2. The summed E-state index contributed by atoms with van der Waals surface area (Å²) in [5.74, 6) is 0.214. The number of carbonyl (C=O) groups is 1. The summed E-state index contributed by atoms with van der Waals surface area (Å²) in [6, 6.07) is 14.2. The van der Waals surface area contributed by atoms with Gasteiger partial charge in [-0.1, -0.05) is 31.5 Å². The molecule has 4 rings (SSSR count). The minimum Gasteiger partial charge on any atom is -0.478 e. The van der Waals surface area contributed by atoms with Gasteiger partial charge in [0.05, 0.1) is 21.5 Å². The molecule has 0 radical (unpaired) electrons. The van der Waals surface area contributed by atoms with Crippen molar-refractivity contribution in [1.29, 1.82) is 0 Å². The average Bonchev–Trinajstić information content (AvgIpc) is 3.19. The van der Waals surface area contributed by atoms with Crippen molar-refractivity contribution < 1.29 is 14.1 Å². The Kier molecular flexibility index (Phi) is 7.00. The van der Waals surface area contributed by atoms with Gasteiger partial charge in [-0.15, -0.1) is 0 Å². The molecule has 0 saturated heterocycles. The Morgan fingerprint density at radius 2 is 1.94 bits per heavy atom. The number of anilines is 1. The van der Waals surface area contributed by atoms with Crippen LogP contribution in [-0.4, -0.2) is 36.4 Å². The van der Waals surface area contributed by atoms with Crippen molar-refractivity contribution in [1.82, 2.24) is 19.3 Å². The number of pyridine rings is 1. The highest BCUT2D eigenvalue weighted by atomic mass is 32.2. The zero-order valence-electron chi connectivity index (χ0n) is 18.5. The van der Waals surface area contributed by atoms with E-state index in [0.717, 1.165) is 47.3 Å². The Morgan fingerprint density at radius 3 is 2.67 bits per heavy atom. The summed E-state index contributed by atoms with van der Waals surface area (Å²) >= 11 is 0. The monoisotopic (exact) mass is 465 g/mol. The van der Waals surface area contributed by atoms with E-state index in [0.29, 0.717) is 29.9 Å². The largest absolute Gasteiger partial charge is 0.478 e. The molecule has 9 heteroatoms. The number of carboxylic acid groups (broad SMARTS) is 1. The second kappa shape index (κ2) is 10.1. The summed E-state index contributed by atoms with van der Waals surface area (Å²) < 4.78 is 17.7. The molecular formula is C24H27N5O3S. The summed E-state index contributed by atoms with van der Waals surface area (Å²) in [6.07, 6.45) is 3.58. The molecule has 0 saturated carbocycles. The number of nitrogens with two attached hydrogens (primary N) is 1. The Hall–Kier alpha value is -3.30. The van der Waals surface area contributed by atoms with E-state index in [1.165, 1.54) is 0 Å². The number of nitrogen functional groups attached to an aromatic ring is 1. The van der Waals surface area contributed by atoms with Crippen LogP contribution in [0.3, 0.4) is 0 Å². The Labute approximate surface area is 194 Å². The number of rotatable bonds is 10. The number of hydrogen-bond donors (Lipinski definition) is 3. The van der Waals surface area contributed by atoms with Gasteiger partial charge in [0, 0.05) is 24.9 Å². The van der Waals surface area contributed by atoms with Gasteiger partial charge in [-0.3, -0.25) is 0 Å². The molecule has 0 fully saturated rings. The lowest BCUT2D eigenvalue weighted by Crippen LogP contribution is -2.20. The van der Waals surface area contributed by atoms with Gasteiger partial charge in [0.15, 0.2) is 5.82 Å². The molecule has 8 nitrogen and oxygen atoms in total. The van der Waals surface area contributed by atoms with Crippen molar-refractivity contribution in [3.8, 4) is 0 Å². The van der Waals surface area contributed by atoms with E-state index in [1.54, 1.807) is 18.2 Å². The van der Waals surface area contributed by atoms with Crippen LogP contribution in [0.5, 0.6) is 0 Å². The first kappa shape index (κ1) is 22.9. The maximum absolute atomic E-state index is 12.4. The lowest BCUT2D eigenvalue weighted by atomic mass is 10.1. The number of fused-ring (bicyclic) bond motifs is 3. The third-order valence-electron chi connectivity index (χ3n) is 5.53. The minimum atomic E-state index is -1.26. The van der Waals surface area contributed by atoms with E-state index in [9.17, 15) is 14.1 Å². The number of carboxylic acids is 1. The molecule has 33 heavy (non-hydrogen) atoms. The standard InChI is InChI=1S/C24H27N5O3S/c1-2-3-10-20-28-21-22(18-12-11-16(24(30)31)15-19(18)27-23(21)25)29(20)14-7-13-26-33(32)17-8-5-4-6-9-17/h4-6,8-9,11-12,15,26H,2-3,7,10,13-14H2,1H3,(H2,25,27)(H,30,31). The van der Waals surface area contributed by atoms with E-state index in [2.05, 4.69) is 21.2 Å². The fourth-order valence-corrected chi connectivity index (χ4v) is 4.79. The van der Waals surface area contributed by atoms with E-state index < -0.39 is 17.0 Å². The first-order valence-electron chi connectivity index (χ1n) is 11.0. The quantitative estimate of drug-likeness (QED) is 0.305. The molecule has 4 aromatic rings. The van der Waals surface area contributed by atoms with Crippen LogP contribution in [-0.2, 0) is 24.0 Å². The van der Waals surface area contributed by atoms with Crippen molar-refractivity contribution in [3.05, 3.63) is 59.9 Å². The van der Waals surface area contributed by atoms with E-state index in [1.807, 2.05) is 30.3 Å². The summed E-state index contributed by atoms with van der Waals surface area (Å²) in [5.41, 5.74) is 8.43. The van der Waals surface area contributed by atoms with Gasteiger partial charge in [0.25, 0.3) is 0 Å². The fraction of sp³-hybridized carbons (Fsp3) is 0.292. The molecule has 1 unspecified atom stereocenters. The highest BCUT2D eigenvalue weighted by Crippen LogP contribution is 2.30. The molecule has 4 N–H and O–H groups in total. The molecule has 2 aromatic carbocycles. The number of aromatic nitrogens is 3. The molecule has 1 atom stereocenters. The molecule has 172 valence electrons. The van der Waals surface area contributed by atoms with Crippen LogP contribution in [0.1, 0.15) is 42.4 Å². The van der Waals surface area contributed by atoms with Crippen LogP contribution in [0.25, 0.3) is 21.9 Å². The van der Waals surface area contributed by atoms with E-state index >= 15 is 0 Å². The zero-order chi connectivity index (χ0) is 23.4. The molecule has 0 amide bonds. The Morgan fingerprint density at radius 1 is 1.15 bits per heavy atom. The number of aryl methyl sites for hydroxylation is 2. The van der Waals surface area contributed by atoms with Crippen LogP contribution in [0, 0.1) is 0 Å². The van der Waals surface area contributed by atoms with Gasteiger partial charge in [-0.25, -0.2) is 23.7 Å². The van der Waals surface area contributed by atoms with E-state index in [4.69, 9.17) is 10.7 Å². The SMILES string of the molecule is CCCCc1nc2c(N)nc3cc(C(=O)O)ccc3c2n1CCCNS(=O)c1ccccc1. The van der Waals surface area contributed by atoms with Crippen LogP contribution < -0.4 is 10.5 Å². The van der Waals surface area contributed by atoms with Gasteiger partial charge >= 0.3 is 5.97 Å². The third kappa shape index (κ3) is 4.89. The number of hydrogen-bond acceptors (Lipinski definition) is 5. The van der Waals surface area contributed by atoms with Crippen molar-refractivity contribution >= 4 is 44.7 Å². The molecule has 0 spiro atoms. The molecular weight excluding hydrogens is 438 g/mol. The number of aromatic carboxylic acids is 1. The third-order valence-corrected chi connectivity index (χ3v) is 6.70. The van der Waals surface area contributed by atoms with Crippen LogP contribution in [0.15, 0.2) is 53.4 Å². The van der Waals surface area contributed by atoms with Crippen molar-refractivity contribution in [2.75, 3.05) is 12.3 Å². The van der Waals surface area contributed by atoms with E-state index in [-0.39, 0.29) is 5.56 Å². The molecule has 0 bridgehead atoms. The highest BCUT2D eigenvalue weighted by molar-refractivity contribution is 7.83. The van der Waals surface area contributed by atoms with Gasteiger partial charge in [-0.2, -0.15) is 0 Å². The second-order valence-electron chi connectivity index (χ2n) is 7.84. The summed E-state index contributed by atoms with van der Waals surface area (Å²) in [7, 11) is -1.26. The van der Waals surface area contributed by atoms with Crippen molar-refractivity contribution in [2.45, 2.75) is 44.0 Å². The number of imidazole rings is 1. The topological polar surface area (TPSA) is 123 Å². The Balaban J connectivity index is 1.64. The first-order chi connectivity index (χ1) is 16.0. The molecule has 0 aliphatic rings. The molecule has 2 aromatic heterocycles. The molecule has 0 aliphatic carbocycles. The van der Waals surface area contributed by atoms with Crippen molar-refractivity contribution in [3.63, 3.8) is 0 Å². The van der Waals surface area contributed by atoms with Crippen molar-refractivity contribution in [2.24, 2.45) is 0 Å². The predicted molar refractivity (Wildman–Crippen MR) is 130 cm³/mol. The zero-order valence-corrected chi connectivity index (χ0v) is 19.3. The summed E-state index contributed by atoms with van der Waals surface area (Å²) in [4.78, 5) is 21.4. The van der Waals surface area contributed by atoms with Crippen LogP contribution in [0.2, 0.25) is 0 Å². The van der Waals surface area contributed by atoms with Crippen LogP contribution in [0.4, 0.5) is 5.82 Å². The molecule has 2 heterocycles. The first-order valence-corrected chi connectivity index (χ1v) is 12.2. The number of unbranched alkanes of at least 4 members (excludes halogenated alkanes) is 1. The maximum Gasteiger partial charge on any atom is 0.335 e. The average molecular weight is 466 g/mol. The van der Waals surface area contributed by atoms with Gasteiger partial charge in [0.2, 0.25) is 0 Å². The molecule has 0 aliphatic heterocycles. The fourth-order valence-electron chi connectivity index (χ4n) is 3.89. The lowest BCUT2D eigenvalue weighted by molar-refractivity contribution is 0.0697. The lowest BCUT2D eigenvalue weighted by Gasteiger charge is -2.12.